The summed E-state index contributed by atoms with van der Waals surface area (Å²) in [7, 11) is 1.73. The lowest BCUT2D eigenvalue weighted by molar-refractivity contribution is -0.117. The SMILES string of the molecule is CN=C(NCCCC(C)C)NCC(=O)N1CCCc2ccccc21. The van der Waals surface area contributed by atoms with Crippen molar-refractivity contribution in [2.45, 2.75) is 39.5 Å². The Bertz CT molecular complexity index is 568. The molecule has 0 atom stereocenters. The predicted molar refractivity (Wildman–Crippen MR) is 101 cm³/mol. The lowest BCUT2D eigenvalue weighted by Crippen LogP contribution is -2.46. The Hall–Kier alpha value is -2.04. The van der Waals surface area contributed by atoms with Gasteiger partial charge in [-0.1, -0.05) is 32.0 Å². The molecule has 132 valence electrons. The lowest BCUT2D eigenvalue weighted by Gasteiger charge is -2.29. The zero-order chi connectivity index (χ0) is 17.4. The summed E-state index contributed by atoms with van der Waals surface area (Å²) in [6.45, 7) is 6.37. The summed E-state index contributed by atoms with van der Waals surface area (Å²) in [5.41, 5.74) is 2.31. The van der Waals surface area contributed by atoms with Crippen LogP contribution in [0.3, 0.4) is 0 Å². The highest BCUT2D eigenvalue weighted by Gasteiger charge is 2.21. The van der Waals surface area contributed by atoms with E-state index < -0.39 is 0 Å². The maximum atomic E-state index is 12.6. The Balaban J connectivity index is 1.82. The number of rotatable bonds is 6. The van der Waals surface area contributed by atoms with E-state index in [0.29, 0.717) is 11.9 Å². The summed E-state index contributed by atoms with van der Waals surface area (Å²) in [5, 5.41) is 6.40. The van der Waals surface area contributed by atoms with Crippen molar-refractivity contribution in [2.24, 2.45) is 10.9 Å². The summed E-state index contributed by atoms with van der Waals surface area (Å²) >= 11 is 0. The number of aryl methyl sites for hydroxylation is 1. The Labute approximate surface area is 145 Å². The predicted octanol–water partition coefficient (Wildman–Crippen LogP) is 2.57. The number of amides is 1. The van der Waals surface area contributed by atoms with Gasteiger partial charge in [-0.05, 0) is 43.2 Å². The Morgan fingerprint density at radius 3 is 2.83 bits per heavy atom. The van der Waals surface area contributed by atoms with Gasteiger partial charge in [0.1, 0.15) is 0 Å². The van der Waals surface area contributed by atoms with E-state index in [0.717, 1.165) is 38.0 Å². The molecule has 1 aromatic rings. The highest BCUT2D eigenvalue weighted by Crippen LogP contribution is 2.26. The highest BCUT2D eigenvalue weighted by molar-refractivity contribution is 5.98. The van der Waals surface area contributed by atoms with Crippen LogP contribution in [0, 0.1) is 5.92 Å². The number of anilines is 1. The van der Waals surface area contributed by atoms with Crippen molar-refractivity contribution in [1.82, 2.24) is 10.6 Å². The van der Waals surface area contributed by atoms with Crippen LogP contribution in [-0.4, -0.2) is 38.5 Å². The van der Waals surface area contributed by atoms with E-state index in [1.54, 1.807) is 7.05 Å². The molecule has 5 heteroatoms. The summed E-state index contributed by atoms with van der Waals surface area (Å²) in [5.74, 6) is 1.49. The van der Waals surface area contributed by atoms with Gasteiger partial charge in [0.25, 0.3) is 0 Å². The molecular weight excluding hydrogens is 300 g/mol. The molecule has 0 spiro atoms. The molecule has 0 saturated carbocycles. The van der Waals surface area contributed by atoms with Crippen LogP contribution in [0.2, 0.25) is 0 Å². The summed E-state index contributed by atoms with van der Waals surface area (Å²) < 4.78 is 0. The molecule has 0 aromatic heterocycles. The molecule has 1 heterocycles. The molecular formula is C19H30N4O. The van der Waals surface area contributed by atoms with Crippen LogP contribution in [0.25, 0.3) is 0 Å². The van der Waals surface area contributed by atoms with E-state index in [1.807, 2.05) is 23.1 Å². The van der Waals surface area contributed by atoms with Gasteiger partial charge >= 0.3 is 0 Å². The maximum Gasteiger partial charge on any atom is 0.246 e. The first-order valence-corrected chi connectivity index (χ1v) is 8.94. The number of aliphatic imine (C=N–C) groups is 1. The van der Waals surface area contributed by atoms with E-state index >= 15 is 0 Å². The van der Waals surface area contributed by atoms with Crippen LogP contribution >= 0.6 is 0 Å². The van der Waals surface area contributed by atoms with Crippen LogP contribution in [0.1, 0.15) is 38.7 Å². The number of hydrogen-bond acceptors (Lipinski definition) is 2. The van der Waals surface area contributed by atoms with E-state index in [4.69, 9.17) is 0 Å². The van der Waals surface area contributed by atoms with Gasteiger partial charge in [0.15, 0.2) is 5.96 Å². The zero-order valence-corrected chi connectivity index (χ0v) is 15.1. The molecule has 2 rings (SSSR count). The van der Waals surface area contributed by atoms with Crippen LogP contribution in [-0.2, 0) is 11.2 Å². The number of benzene rings is 1. The zero-order valence-electron chi connectivity index (χ0n) is 15.1. The standard InChI is InChI=1S/C19H30N4O/c1-15(2)8-6-12-21-19(20-3)22-14-18(24)23-13-7-10-16-9-4-5-11-17(16)23/h4-5,9,11,15H,6-8,10,12-14H2,1-3H3,(H2,20,21,22). The first-order valence-electron chi connectivity index (χ1n) is 8.94. The van der Waals surface area contributed by atoms with Crippen molar-refractivity contribution in [3.05, 3.63) is 29.8 Å². The van der Waals surface area contributed by atoms with Crippen LogP contribution in [0.15, 0.2) is 29.3 Å². The van der Waals surface area contributed by atoms with E-state index in [-0.39, 0.29) is 12.5 Å². The van der Waals surface area contributed by atoms with E-state index in [1.165, 1.54) is 12.0 Å². The molecule has 0 bridgehead atoms. The number of para-hydroxylation sites is 1. The van der Waals surface area contributed by atoms with Gasteiger partial charge in [0.05, 0.1) is 6.54 Å². The molecule has 1 amide bonds. The second-order valence-corrected chi connectivity index (χ2v) is 6.67. The molecule has 0 aliphatic carbocycles. The van der Waals surface area contributed by atoms with Crippen LogP contribution in [0.5, 0.6) is 0 Å². The van der Waals surface area contributed by atoms with Gasteiger partial charge in [0.2, 0.25) is 5.91 Å². The van der Waals surface area contributed by atoms with Gasteiger partial charge in [-0.2, -0.15) is 0 Å². The van der Waals surface area contributed by atoms with Crippen LogP contribution < -0.4 is 15.5 Å². The topological polar surface area (TPSA) is 56.7 Å². The third kappa shape index (κ3) is 5.25. The third-order valence-corrected chi connectivity index (χ3v) is 4.29. The molecule has 1 aromatic carbocycles. The number of carbonyl (C=O) groups is 1. The second kappa shape index (κ2) is 9.30. The van der Waals surface area contributed by atoms with Crippen LogP contribution in [0.4, 0.5) is 5.69 Å². The molecule has 0 radical (unpaired) electrons. The van der Waals surface area contributed by atoms with Gasteiger partial charge in [-0.3, -0.25) is 9.79 Å². The summed E-state index contributed by atoms with van der Waals surface area (Å²) in [6, 6.07) is 8.17. The van der Waals surface area contributed by atoms with Gasteiger partial charge in [-0.15, -0.1) is 0 Å². The van der Waals surface area contributed by atoms with Gasteiger partial charge in [-0.25, -0.2) is 0 Å². The minimum absolute atomic E-state index is 0.0901. The van der Waals surface area contributed by atoms with E-state index in [9.17, 15) is 4.79 Å². The largest absolute Gasteiger partial charge is 0.356 e. The Morgan fingerprint density at radius 2 is 2.08 bits per heavy atom. The van der Waals surface area contributed by atoms with Crippen molar-refractivity contribution in [3.8, 4) is 0 Å². The number of nitrogens with one attached hydrogen (secondary N) is 2. The Kier molecular flexibility index (Phi) is 7.09. The van der Waals surface area contributed by atoms with Gasteiger partial charge < -0.3 is 15.5 Å². The van der Waals surface area contributed by atoms with Crippen molar-refractivity contribution in [1.29, 1.82) is 0 Å². The molecule has 1 aliphatic rings. The normalized spacial score (nSPS) is 14.5. The average molecular weight is 330 g/mol. The first-order chi connectivity index (χ1) is 11.6. The van der Waals surface area contributed by atoms with E-state index in [2.05, 4.69) is 35.5 Å². The van der Waals surface area contributed by atoms with Crippen molar-refractivity contribution in [2.75, 3.05) is 31.6 Å². The minimum atomic E-state index is 0.0901. The van der Waals surface area contributed by atoms with Crippen molar-refractivity contribution in [3.63, 3.8) is 0 Å². The van der Waals surface area contributed by atoms with Crippen molar-refractivity contribution >= 4 is 17.6 Å². The first kappa shape index (κ1) is 18.3. The quantitative estimate of drug-likeness (QED) is 0.479. The fraction of sp³-hybridized carbons (Fsp3) is 0.579. The monoisotopic (exact) mass is 330 g/mol. The second-order valence-electron chi connectivity index (χ2n) is 6.67. The van der Waals surface area contributed by atoms with Crippen molar-refractivity contribution < 1.29 is 4.79 Å². The Morgan fingerprint density at radius 1 is 1.29 bits per heavy atom. The smallest absolute Gasteiger partial charge is 0.246 e. The number of nitrogens with zero attached hydrogens (tertiary/aromatic N) is 2. The minimum Gasteiger partial charge on any atom is -0.356 e. The average Bonchev–Trinajstić information content (AvgIpc) is 2.60. The maximum absolute atomic E-state index is 12.6. The molecule has 0 unspecified atom stereocenters. The highest BCUT2D eigenvalue weighted by atomic mass is 16.2. The molecule has 0 saturated heterocycles. The molecule has 0 fully saturated rings. The number of guanidine groups is 1. The van der Waals surface area contributed by atoms with Gasteiger partial charge in [0, 0.05) is 25.8 Å². The molecule has 5 nitrogen and oxygen atoms in total. The number of fused-ring (bicyclic) bond motifs is 1. The molecule has 24 heavy (non-hydrogen) atoms. The fourth-order valence-corrected chi connectivity index (χ4v) is 2.99. The third-order valence-electron chi connectivity index (χ3n) is 4.29. The number of carbonyl (C=O) groups excluding carboxylic acids is 1. The lowest BCUT2D eigenvalue weighted by atomic mass is 10.0. The number of hydrogen-bond donors (Lipinski definition) is 2. The fourth-order valence-electron chi connectivity index (χ4n) is 2.99. The molecule has 2 N–H and O–H groups in total. The molecule has 1 aliphatic heterocycles. The summed E-state index contributed by atoms with van der Waals surface area (Å²) in [4.78, 5) is 18.7. The summed E-state index contributed by atoms with van der Waals surface area (Å²) in [6.07, 6.45) is 4.36.